The molecule has 1 aromatic carbocycles. The molecule has 1 saturated carbocycles. The molecule has 4 nitrogen and oxygen atoms in total. The Hall–Kier alpha value is -1.71. The third-order valence-corrected chi connectivity index (χ3v) is 3.77. The predicted octanol–water partition coefficient (Wildman–Crippen LogP) is 2.59. The van der Waals surface area contributed by atoms with Gasteiger partial charge in [0, 0.05) is 6.54 Å². The lowest BCUT2D eigenvalue weighted by Gasteiger charge is -2.22. The Morgan fingerprint density at radius 2 is 2.11 bits per heavy atom. The van der Waals surface area contributed by atoms with E-state index in [0.717, 1.165) is 6.54 Å². The van der Waals surface area contributed by atoms with Crippen LogP contribution in [0.5, 0.6) is 5.75 Å². The van der Waals surface area contributed by atoms with Crippen molar-refractivity contribution in [3.05, 3.63) is 23.8 Å². The molecule has 1 aromatic rings. The van der Waals surface area contributed by atoms with E-state index in [4.69, 9.17) is 10.5 Å². The lowest BCUT2D eigenvalue weighted by atomic mass is 9.89. The lowest BCUT2D eigenvalue weighted by Crippen LogP contribution is -2.30. The van der Waals surface area contributed by atoms with Gasteiger partial charge in [0.2, 0.25) is 0 Å². The number of carbonyl (C=O) groups excluding carboxylic acids is 1. The highest BCUT2D eigenvalue weighted by Crippen LogP contribution is 2.26. The second-order valence-electron chi connectivity index (χ2n) is 5.14. The van der Waals surface area contributed by atoms with E-state index in [1.807, 2.05) is 0 Å². The third kappa shape index (κ3) is 3.40. The molecule has 0 spiro atoms. The molecular weight excluding hydrogens is 240 g/mol. The maximum atomic E-state index is 12.2. The fourth-order valence-electron chi connectivity index (χ4n) is 2.69. The molecule has 4 heteroatoms. The van der Waals surface area contributed by atoms with Crippen molar-refractivity contribution in [1.29, 1.82) is 0 Å². The summed E-state index contributed by atoms with van der Waals surface area (Å²) in [7, 11) is 1.53. The first-order valence-electron chi connectivity index (χ1n) is 6.93. The Balaban J connectivity index is 1.97. The standard InChI is InChI=1S/C15H22N2O2/c1-19-14-12(8-5-9-13(14)16)15(18)17-10-11-6-3-2-4-7-11/h5,8-9,11H,2-4,6-7,10,16H2,1H3,(H,17,18). The number of hydrogen-bond acceptors (Lipinski definition) is 3. The van der Waals surface area contributed by atoms with Crippen LogP contribution in [0, 0.1) is 5.92 Å². The van der Waals surface area contributed by atoms with Crippen LogP contribution in [0.25, 0.3) is 0 Å². The van der Waals surface area contributed by atoms with Gasteiger partial charge in [0.25, 0.3) is 5.91 Å². The minimum Gasteiger partial charge on any atom is -0.494 e. The summed E-state index contributed by atoms with van der Waals surface area (Å²) in [5.74, 6) is 0.975. The number of nitrogens with two attached hydrogens (primary N) is 1. The maximum absolute atomic E-state index is 12.2. The van der Waals surface area contributed by atoms with E-state index in [-0.39, 0.29) is 5.91 Å². The minimum atomic E-state index is -0.102. The molecule has 0 radical (unpaired) electrons. The van der Waals surface area contributed by atoms with Gasteiger partial charge in [-0.2, -0.15) is 0 Å². The van der Waals surface area contributed by atoms with E-state index in [1.165, 1.54) is 39.2 Å². The summed E-state index contributed by atoms with van der Waals surface area (Å²) in [5.41, 5.74) is 6.81. The van der Waals surface area contributed by atoms with E-state index < -0.39 is 0 Å². The Labute approximate surface area is 114 Å². The number of benzene rings is 1. The molecule has 3 N–H and O–H groups in total. The van der Waals surface area contributed by atoms with Gasteiger partial charge in [-0.15, -0.1) is 0 Å². The summed E-state index contributed by atoms with van der Waals surface area (Å²) in [5, 5.41) is 3.00. The zero-order chi connectivity index (χ0) is 13.7. The number of hydrogen-bond donors (Lipinski definition) is 2. The van der Waals surface area contributed by atoms with E-state index in [1.54, 1.807) is 18.2 Å². The van der Waals surface area contributed by atoms with Crippen LogP contribution in [0.3, 0.4) is 0 Å². The van der Waals surface area contributed by atoms with Crippen LogP contribution < -0.4 is 15.8 Å². The first-order chi connectivity index (χ1) is 9.22. The van der Waals surface area contributed by atoms with Crippen LogP contribution in [0.1, 0.15) is 42.5 Å². The van der Waals surface area contributed by atoms with Gasteiger partial charge in [-0.25, -0.2) is 0 Å². The van der Waals surface area contributed by atoms with Crippen molar-refractivity contribution in [3.63, 3.8) is 0 Å². The Morgan fingerprint density at radius 1 is 1.37 bits per heavy atom. The highest BCUT2D eigenvalue weighted by molar-refractivity contribution is 5.98. The number of methoxy groups -OCH3 is 1. The monoisotopic (exact) mass is 262 g/mol. The van der Waals surface area contributed by atoms with Gasteiger partial charge in [0.15, 0.2) is 5.75 Å². The Morgan fingerprint density at radius 3 is 2.79 bits per heavy atom. The SMILES string of the molecule is COc1c(N)cccc1C(=O)NCC1CCCCC1. The van der Waals surface area contributed by atoms with E-state index in [2.05, 4.69) is 5.32 Å². The van der Waals surface area contributed by atoms with E-state index in [9.17, 15) is 4.79 Å². The molecule has 1 amide bonds. The lowest BCUT2D eigenvalue weighted by molar-refractivity contribution is 0.0940. The van der Waals surface area contributed by atoms with Crippen LogP contribution in [-0.2, 0) is 0 Å². The summed E-state index contributed by atoms with van der Waals surface area (Å²) in [6, 6.07) is 5.25. The molecule has 0 aliphatic heterocycles. The molecule has 0 bridgehead atoms. The molecule has 19 heavy (non-hydrogen) atoms. The van der Waals surface area contributed by atoms with Crippen LogP contribution in [0.2, 0.25) is 0 Å². The quantitative estimate of drug-likeness (QED) is 0.820. The summed E-state index contributed by atoms with van der Waals surface area (Å²) in [6.45, 7) is 0.747. The van der Waals surface area contributed by atoms with Gasteiger partial charge in [-0.3, -0.25) is 4.79 Å². The van der Waals surface area contributed by atoms with Gasteiger partial charge in [-0.05, 0) is 30.9 Å². The highest BCUT2D eigenvalue weighted by Gasteiger charge is 2.17. The molecule has 1 aliphatic rings. The maximum Gasteiger partial charge on any atom is 0.255 e. The molecule has 0 saturated heterocycles. The molecule has 0 unspecified atom stereocenters. The number of amides is 1. The Bertz CT molecular complexity index is 440. The van der Waals surface area contributed by atoms with Crippen LogP contribution >= 0.6 is 0 Å². The van der Waals surface area contributed by atoms with Crippen molar-refractivity contribution in [3.8, 4) is 5.75 Å². The minimum absolute atomic E-state index is 0.102. The van der Waals surface area contributed by atoms with Crippen molar-refractivity contribution in [2.45, 2.75) is 32.1 Å². The first kappa shape index (κ1) is 13.7. The molecule has 104 valence electrons. The third-order valence-electron chi connectivity index (χ3n) is 3.77. The molecular formula is C15H22N2O2. The van der Waals surface area contributed by atoms with Crippen LogP contribution in [0.15, 0.2) is 18.2 Å². The topological polar surface area (TPSA) is 64.3 Å². The summed E-state index contributed by atoms with van der Waals surface area (Å²) >= 11 is 0. The van der Waals surface area contributed by atoms with E-state index >= 15 is 0 Å². The number of ether oxygens (including phenoxy) is 1. The van der Waals surface area contributed by atoms with Crippen molar-refractivity contribution >= 4 is 11.6 Å². The number of nitrogen functional groups attached to an aromatic ring is 1. The number of anilines is 1. The molecule has 1 fully saturated rings. The summed E-state index contributed by atoms with van der Waals surface area (Å²) in [4.78, 5) is 12.2. The molecule has 0 atom stereocenters. The smallest absolute Gasteiger partial charge is 0.255 e. The molecule has 0 aromatic heterocycles. The van der Waals surface area contributed by atoms with E-state index in [0.29, 0.717) is 22.9 Å². The zero-order valence-electron chi connectivity index (χ0n) is 11.4. The largest absolute Gasteiger partial charge is 0.494 e. The second kappa shape index (κ2) is 6.45. The summed E-state index contributed by atoms with van der Waals surface area (Å²) in [6.07, 6.45) is 6.32. The van der Waals surface area contributed by atoms with Gasteiger partial charge in [0.1, 0.15) is 0 Å². The number of rotatable bonds is 4. The van der Waals surface area contributed by atoms with Crippen molar-refractivity contribution in [1.82, 2.24) is 5.32 Å². The predicted molar refractivity (Wildman–Crippen MR) is 76.3 cm³/mol. The average molecular weight is 262 g/mol. The van der Waals surface area contributed by atoms with Crippen molar-refractivity contribution in [2.24, 2.45) is 5.92 Å². The van der Waals surface area contributed by atoms with Gasteiger partial charge in [-0.1, -0.05) is 25.3 Å². The van der Waals surface area contributed by atoms with Gasteiger partial charge >= 0.3 is 0 Å². The normalized spacial score (nSPS) is 16.1. The van der Waals surface area contributed by atoms with Crippen LogP contribution in [0.4, 0.5) is 5.69 Å². The van der Waals surface area contributed by atoms with Crippen molar-refractivity contribution < 1.29 is 9.53 Å². The van der Waals surface area contributed by atoms with Crippen molar-refractivity contribution in [2.75, 3.05) is 19.4 Å². The highest BCUT2D eigenvalue weighted by atomic mass is 16.5. The molecule has 2 rings (SSSR count). The fraction of sp³-hybridized carbons (Fsp3) is 0.533. The number of para-hydroxylation sites is 1. The van der Waals surface area contributed by atoms with Gasteiger partial charge in [0.05, 0.1) is 18.4 Å². The second-order valence-corrected chi connectivity index (χ2v) is 5.14. The summed E-state index contributed by atoms with van der Waals surface area (Å²) < 4.78 is 5.20. The first-order valence-corrected chi connectivity index (χ1v) is 6.93. The number of carbonyl (C=O) groups is 1. The van der Waals surface area contributed by atoms with Gasteiger partial charge < -0.3 is 15.8 Å². The van der Waals surface area contributed by atoms with Crippen LogP contribution in [-0.4, -0.2) is 19.6 Å². The Kier molecular flexibility index (Phi) is 4.66. The zero-order valence-corrected chi connectivity index (χ0v) is 11.4. The fourth-order valence-corrected chi connectivity index (χ4v) is 2.69. The average Bonchev–Trinajstić information content (AvgIpc) is 2.45. The molecule has 0 heterocycles. The molecule has 1 aliphatic carbocycles. The number of nitrogens with one attached hydrogen (secondary N) is 1.